The Morgan fingerprint density at radius 3 is 2.79 bits per heavy atom. The summed E-state index contributed by atoms with van der Waals surface area (Å²) < 4.78 is 1.35. The summed E-state index contributed by atoms with van der Waals surface area (Å²) in [7, 11) is 0. The number of nitrogens with one attached hydrogen (secondary N) is 1. The van der Waals surface area contributed by atoms with Crippen LogP contribution in [0.1, 0.15) is 10.4 Å². The molecule has 1 N–H and O–H groups in total. The van der Waals surface area contributed by atoms with Crippen molar-refractivity contribution < 1.29 is 4.79 Å². The van der Waals surface area contributed by atoms with Crippen LogP contribution in [0, 0.1) is 13.8 Å². The molecule has 1 amide bonds. The van der Waals surface area contributed by atoms with Crippen molar-refractivity contribution in [2.24, 2.45) is 0 Å². The van der Waals surface area contributed by atoms with Crippen LogP contribution in [0.15, 0.2) is 46.8 Å². The van der Waals surface area contributed by atoms with Crippen molar-refractivity contribution in [3.05, 3.63) is 67.9 Å². The molecule has 3 heterocycles. The zero-order chi connectivity index (χ0) is 19.8. The van der Waals surface area contributed by atoms with E-state index in [1.807, 2.05) is 31.4 Å². The number of benzene rings is 1. The lowest BCUT2D eigenvalue weighted by Gasteiger charge is -2.10. The second kappa shape index (κ2) is 7.50. The van der Waals surface area contributed by atoms with Crippen molar-refractivity contribution in [2.75, 3.05) is 5.32 Å². The Morgan fingerprint density at radius 2 is 2.07 bits per heavy atom. The first-order valence-corrected chi connectivity index (χ1v) is 10.6. The highest BCUT2D eigenvalue weighted by atomic mass is 35.5. The SMILES string of the molecule is Cc1ccc(-c2csc3ncn(CC(=O)Nc4ccc(Cl)cc4C)c(=O)c23)s1. The number of anilines is 1. The molecule has 5 nitrogen and oxygen atoms in total. The monoisotopic (exact) mass is 429 g/mol. The first kappa shape index (κ1) is 18.9. The van der Waals surface area contributed by atoms with E-state index in [2.05, 4.69) is 10.3 Å². The molecule has 0 radical (unpaired) electrons. The van der Waals surface area contributed by atoms with E-state index in [1.54, 1.807) is 29.5 Å². The van der Waals surface area contributed by atoms with E-state index >= 15 is 0 Å². The quantitative estimate of drug-likeness (QED) is 0.491. The van der Waals surface area contributed by atoms with Gasteiger partial charge in [0.25, 0.3) is 5.56 Å². The van der Waals surface area contributed by atoms with Crippen molar-refractivity contribution in [1.82, 2.24) is 9.55 Å². The van der Waals surface area contributed by atoms with Gasteiger partial charge in [0, 0.05) is 31.4 Å². The lowest BCUT2D eigenvalue weighted by Crippen LogP contribution is -2.28. The lowest BCUT2D eigenvalue weighted by molar-refractivity contribution is -0.116. The first-order chi connectivity index (χ1) is 13.4. The fourth-order valence-electron chi connectivity index (χ4n) is 2.95. The van der Waals surface area contributed by atoms with E-state index in [0.29, 0.717) is 20.9 Å². The van der Waals surface area contributed by atoms with E-state index in [9.17, 15) is 9.59 Å². The number of carbonyl (C=O) groups excluding carboxylic acids is 1. The molecule has 0 aliphatic heterocycles. The Kier molecular flexibility index (Phi) is 5.05. The Balaban J connectivity index is 1.65. The zero-order valence-corrected chi connectivity index (χ0v) is 17.5. The van der Waals surface area contributed by atoms with Crippen LogP contribution in [0.25, 0.3) is 20.7 Å². The van der Waals surface area contributed by atoms with Gasteiger partial charge in [-0.2, -0.15) is 0 Å². The number of amides is 1. The van der Waals surface area contributed by atoms with Crippen molar-refractivity contribution in [3.8, 4) is 10.4 Å². The summed E-state index contributed by atoms with van der Waals surface area (Å²) in [6, 6.07) is 9.27. The number of aromatic nitrogens is 2. The Bertz CT molecular complexity index is 1260. The number of hydrogen-bond donors (Lipinski definition) is 1. The van der Waals surface area contributed by atoms with E-state index in [4.69, 9.17) is 11.6 Å². The number of rotatable bonds is 4. The standard InChI is InChI=1S/C20H16ClN3O2S2/c1-11-7-13(21)4-5-15(11)23-17(25)8-24-10-22-19-18(20(24)26)14(9-27-19)16-6-3-12(2)28-16/h3-7,9-10H,8H2,1-2H3,(H,23,25). The van der Waals surface area contributed by atoms with Crippen molar-refractivity contribution in [2.45, 2.75) is 20.4 Å². The largest absolute Gasteiger partial charge is 0.324 e. The van der Waals surface area contributed by atoms with Gasteiger partial charge in [-0.1, -0.05) is 11.6 Å². The van der Waals surface area contributed by atoms with Crippen LogP contribution in [0.4, 0.5) is 5.69 Å². The molecule has 0 atom stereocenters. The summed E-state index contributed by atoms with van der Waals surface area (Å²) in [5.41, 5.74) is 2.19. The number of hydrogen-bond acceptors (Lipinski definition) is 5. The van der Waals surface area contributed by atoms with Gasteiger partial charge in [-0.15, -0.1) is 22.7 Å². The third-order valence-electron chi connectivity index (χ3n) is 4.34. The normalized spacial score (nSPS) is 11.1. The fraction of sp³-hybridized carbons (Fsp3) is 0.150. The molecular formula is C20H16ClN3O2S2. The molecule has 0 unspecified atom stereocenters. The minimum atomic E-state index is -0.294. The minimum Gasteiger partial charge on any atom is -0.324 e. The molecule has 1 aromatic carbocycles. The maximum Gasteiger partial charge on any atom is 0.263 e. The predicted octanol–water partition coefficient (Wildman–Crippen LogP) is 5.10. The van der Waals surface area contributed by atoms with E-state index < -0.39 is 0 Å². The molecule has 0 saturated carbocycles. The Hall–Kier alpha value is -2.48. The minimum absolute atomic E-state index is 0.109. The molecule has 0 spiro atoms. The number of halogens is 1. The van der Waals surface area contributed by atoms with Crippen LogP contribution in [-0.2, 0) is 11.3 Å². The maximum atomic E-state index is 13.0. The molecule has 0 aliphatic carbocycles. The summed E-state index contributed by atoms with van der Waals surface area (Å²) >= 11 is 9.02. The van der Waals surface area contributed by atoms with Gasteiger partial charge in [-0.25, -0.2) is 4.98 Å². The molecule has 28 heavy (non-hydrogen) atoms. The molecule has 0 saturated heterocycles. The Labute approximate surface area is 174 Å². The van der Waals surface area contributed by atoms with Gasteiger partial charge in [0.15, 0.2) is 0 Å². The molecule has 3 aromatic heterocycles. The molecule has 8 heteroatoms. The molecule has 4 aromatic rings. The van der Waals surface area contributed by atoms with Gasteiger partial charge in [-0.05, 0) is 49.7 Å². The zero-order valence-electron chi connectivity index (χ0n) is 15.2. The third-order valence-corrected chi connectivity index (χ3v) is 6.50. The van der Waals surface area contributed by atoms with Crippen LogP contribution >= 0.6 is 34.3 Å². The number of fused-ring (bicyclic) bond motifs is 1. The topological polar surface area (TPSA) is 64.0 Å². The molecular weight excluding hydrogens is 414 g/mol. The molecule has 0 aliphatic rings. The van der Waals surface area contributed by atoms with Crippen LogP contribution in [0.5, 0.6) is 0 Å². The van der Waals surface area contributed by atoms with Crippen LogP contribution in [0.2, 0.25) is 5.02 Å². The van der Waals surface area contributed by atoms with Crippen molar-refractivity contribution in [1.29, 1.82) is 0 Å². The predicted molar refractivity (Wildman–Crippen MR) is 117 cm³/mol. The average molecular weight is 430 g/mol. The number of nitrogens with zero attached hydrogens (tertiary/aromatic N) is 2. The molecule has 142 valence electrons. The highest BCUT2D eigenvalue weighted by Gasteiger charge is 2.16. The van der Waals surface area contributed by atoms with Gasteiger partial charge in [0.2, 0.25) is 5.91 Å². The highest BCUT2D eigenvalue weighted by Crippen LogP contribution is 2.34. The highest BCUT2D eigenvalue weighted by molar-refractivity contribution is 7.19. The molecule has 0 bridgehead atoms. The van der Waals surface area contributed by atoms with Crippen molar-refractivity contribution >= 4 is 56.1 Å². The number of thiophene rings is 2. The van der Waals surface area contributed by atoms with Gasteiger partial charge >= 0.3 is 0 Å². The van der Waals surface area contributed by atoms with E-state index in [1.165, 1.54) is 27.1 Å². The summed E-state index contributed by atoms with van der Waals surface area (Å²) in [5.74, 6) is -0.294. The van der Waals surface area contributed by atoms with Crippen LogP contribution in [0.3, 0.4) is 0 Å². The summed E-state index contributed by atoms with van der Waals surface area (Å²) in [6.45, 7) is 3.78. The molecule has 4 rings (SSSR count). The van der Waals surface area contributed by atoms with E-state index in [-0.39, 0.29) is 18.0 Å². The average Bonchev–Trinajstić information content (AvgIpc) is 3.26. The Morgan fingerprint density at radius 1 is 1.25 bits per heavy atom. The van der Waals surface area contributed by atoms with Gasteiger partial charge < -0.3 is 5.32 Å². The number of aryl methyl sites for hydroxylation is 2. The first-order valence-electron chi connectivity index (χ1n) is 8.52. The smallest absolute Gasteiger partial charge is 0.263 e. The fourth-order valence-corrected chi connectivity index (χ4v) is 5.04. The third kappa shape index (κ3) is 3.61. The summed E-state index contributed by atoms with van der Waals surface area (Å²) in [6.07, 6.45) is 1.43. The van der Waals surface area contributed by atoms with Gasteiger partial charge in [0.05, 0.1) is 11.7 Å². The van der Waals surface area contributed by atoms with Crippen LogP contribution in [-0.4, -0.2) is 15.5 Å². The summed E-state index contributed by atoms with van der Waals surface area (Å²) in [5, 5.41) is 5.94. The second-order valence-electron chi connectivity index (χ2n) is 6.42. The van der Waals surface area contributed by atoms with E-state index in [0.717, 1.165) is 16.0 Å². The molecule has 0 fully saturated rings. The number of carbonyl (C=O) groups is 1. The lowest BCUT2D eigenvalue weighted by atomic mass is 10.2. The van der Waals surface area contributed by atoms with Gasteiger partial charge in [0.1, 0.15) is 11.4 Å². The summed E-state index contributed by atoms with van der Waals surface area (Å²) in [4.78, 5) is 32.8. The second-order valence-corrected chi connectivity index (χ2v) is 9.01. The van der Waals surface area contributed by atoms with Crippen LogP contribution < -0.4 is 10.9 Å². The van der Waals surface area contributed by atoms with Gasteiger partial charge in [-0.3, -0.25) is 14.2 Å². The van der Waals surface area contributed by atoms with Crippen molar-refractivity contribution in [3.63, 3.8) is 0 Å². The maximum absolute atomic E-state index is 13.0.